The zero-order valence-corrected chi connectivity index (χ0v) is 13.5. The molecule has 21 heavy (non-hydrogen) atoms. The summed E-state index contributed by atoms with van der Waals surface area (Å²) >= 11 is 0. The average molecular weight is 312 g/mol. The molecule has 0 atom stereocenters. The van der Waals surface area contributed by atoms with Crippen LogP contribution in [0.2, 0.25) is 0 Å². The van der Waals surface area contributed by atoms with Crippen molar-refractivity contribution in [1.82, 2.24) is 0 Å². The van der Waals surface area contributed by atoms with Gasteiger partial charge in [0.15, 0.2) is 0 Å². The molecule has 0 aliphatic rings. The van der Waals surface area contributed by atoms with E-state index in [0.717, 1.165) is 0 Å². The van der Waals surface area contributed by atoms with Gasteiger partial charge in [-0.15, -0.1) is 0 Å². The summed E-state index contributed by atoms with van der Waals surface area (Å²) < 4.78 is 8.88. The molecule has 0 amide bonds. The lowest BCUT2D eigenvalue weighted by Crippen LogP contribution is -2.13. The normalized spacial score (nSPS) is 10.8. The third-order valence-electron chi connectivity index (χ3n) is 2.82. The van der Waals surface area contributed by atoms with Gasteiger partial charge in [0.2, 0.25) is 0 Å². The van der Waals surface area contributed by atoms with Gasteiger partial charge in [0.1, 0.15) is 0 Å². The fourth-order valence-corrected chi connectivity index (χ4v) is 2.05. The lowest BCUT2D eigenvalue weighted by Gasteiger charge is -2.21. The Morgan fingerprint density at radius 1 is 0.810 bits per heavy atom. The Kier molecular flexibility index (Phi) is 5.75. The van der Waals surface area contributed by atoms with Crippen LogP contribution >= 0.6 is 7.82 Å². The molecular weight excluding hydrogens is 291 g/mol. The van der Waals surface area contributed by atoms with E-state index in [2.05, 4.69) is 74.4 Å². The van der Waals surface area contributed by atoms with E-state index in [4.69, 9.17) is 19.2 Å². The summed E-state index contributed by atoms with van der Waals surface area (Å²) in [5.74, 6) is 0. The molecule has 0 heterocycles. The highest BCUT2D eigenvalue weighted by molar-refractivity contribution is 7.45. The molecule has 2 aromatic carbocycles. The summed E-state index contributed by atoms with van der Waals surface area (Å²) in [5.41, 5.74) is 2.53. The van der Waals surface area contributed by atoms with Gasteiger partial charge in [-0.1, -0.05) is 24.3 Å². The van der Waals surface area contributed by atoms with Gasteiger partial charge in [0.25, 0.3) is 0 Å². The number of phosphoric acid groups is 1. The fraction of sp³-hybridized carbons (Fsp3) is 0.286. The zero-order chi connectivity index (χ0) is 16.2. The molecule has 0 aromatic heterocycles. The molecule has 0 saturated heterocycles. The number of anilines is 2. The zero-order valence-electron chi connectivity index (χ0n) is 12.6. The molecule has 7 heteroatoms. The van der Waals surface area contributed by atoms with Gasteiger partial charge >= 0.3 is 7.82 Å². The van der Waals surface area contributed by atoms with E-state index in [1.165, 1.54) is 22.1 Å². The number of nitrogens with zero attached hydrogens (tertiary/aromatic N) is 2. The topological polar surface area (TPSA) is 84.2 Å². The molecule has 0 radical (unpaired) electrons. The molecule has 3 N–H and O–H groups in total. The molecule has 0 fully saturated rings. The quantitative estimate of drug-likeness (QED) is 0.736. The Hall–Kier alpha value is -1.59. The Morgan fingerprint density at radius 2 is 1.14 bits per heavy atom. The largest absolute Gasteiger partial charge is 0.466 e. The Balaban J connectivity index is 0.000000383. The van der Waals surface area contributed by atoms with Gasteiger partial charge in [-0.05, 0) is 17.5 Å². The van der Waals surface area contributed by atoms with Crippen LogP contribution in [0.25, 0.3) is 10.8 Å². The Bertz CT molecular complexity index is 601. The van der Waals surface area contributed by atoms with Crippen molar-refractivity contribution in [2.75, 3.05) is 38.0 Å². The first kappa shape index (κ1) is 17.5. The first-order valence-electron chi connectivity index (χ1n) is 6.26. The van der Waals surface area contributed by atoms with Crippen molar-refractivity contribution in [3.63, 3.8) is 0 Å². The maximum absolute atomic E-state index is 8.88. The molecule has 0 spiro atoms. The van der Waals surface area contributed by atoms with Crippen LogP contribution in [0.1, 0.15) is 0 Å². The van der Waals surface area contributed by atoms with Crippen molar-refractivity contribution in [2.24, 2.45) is 0 Å². The number of hydrogen-bond donors (Lipinski definition) is 3. The van der Waals surface area contributed by atoms with E-state index in [1.807, 2.05) is 0 Å². The maximum Gasteiger partial charge on any atom is 0.466 e. The van der Waals surface area contributed by atoms with E-state index in [0.29, 0.717) is 0 Å². The number of rotatable bonds is 2. The predicted molar refractivity (Wildman–Crippen MR) is 86.9 cm³/mol. The van der Waals surface area contributed by atoms with Gasteiger partial charge in [0.05, 0.1) is 0 Å². The second kappa shape index (κ2) is 6.91. The second-order valence-electron chi connectivity index (χ2n) is 4.95. The highest BCUT2D eigenvalue weighted by Crippen LogP contribution is 2.33. The molecule has 0 bridgehead atoms. The van der Waals surface area contributed by atoms with Crippen LogP contribution in [0.5, 0.6) is 0 Å². The van der Waals surface area contributed by atoms with E-state index in [-0.39, 0.29) is 0 Å². The van der Waals surface area contributed by atoms with E-state index in [9.17, 15) is 0 Å². The molecule has 2 rings (SSSR count). The van der Waals surface area contributed by atoms with Crippen molar-refractivity contribution < 1.29 is 19.2 Å². The SMILES string of the molecule is CN(C)c1cccc2cccc(N(C)C)c12.O=P(O)(O)O. The Morgan fingerprint density at radius 3 is 1.43 bits per heavy atom. The van der Waals surface area contributed by atoms with Crippen molar-refractivity contribution in [3.8, 4) is 0 Å². The van der Waals surface area contributed by atoms with E-state index < -0.39 is 7.82 Å². The van der Waals surface area contributed by atoms with E-state index >= 15 is 0 Å². The Labute approximate surface area is 124 Å². The smallest absolute Gasteiger partial charge is 0.377 e. The summed E-state index contributed by atoms with van der Waals surface area (Å²) in [6.07, 6.45) is 0. The average Bonchev–Trinajstić information content (AvgIpc) is 2.35. The lowest BCUT2D eigenvalue weighted by molar-refractivity contribution is 0.275. The molecule has 0 unspecified atom stereocenters. The summed E-state index contributed by atoms with van der Waals surface area (Å²) in [4.78, 5) is 25.9. The minimum Gasteiger partial charge on any atom is -0.377 e. The first-order chi connectivity index (χ1) is 9.61. The van der Waals surface area contributed by atoms with Gasteiger partial charge in [-0.3, -0.25) is 0 Å². The van der Waals surface area contributed by atoms with Crippen LogP contribution in [0, 0.1) is 0 Å². The third kappa shape index (κ3) is 5.36. The summed E-state index contributed by atoms with van der Waals surface area (Å²) in [7, 11) is 3.70. The molecule has 6 nitrogen and oxygen atoms in total. The fourth-order valence-electron chi connectivity index (χ4n) is 2.05. The lowest BCUT2D eigenvalue weighted by atomic mass is 10.1. The van der Waals surface area contributed by atoms with Crippen LogP contribution in [0.3, 0.4) is 0 Å². The standard InChI is InChI=1S/C14H18N2.H3O4P/c1-15(2)12-9-5-7-11-8-6-10-13(14(11)12)16(3)4;1-5(2,3)4/h5-10H,1-4H3;(H3,1,2,3,4). The van der Waals surface area contributed by atoms with Crippen LogP contribution in [0.4, 0.5) is 11.4 Å². The van der Waals surface area contributed by atoms with Gasteiger partial charge in [0, 0.05) is 45.0 Å². The second-order valence-corrected chi connectivity index (χ2v) is 5.98. The highest BCUT2D eigenvalue weighted by atomic mass is 31.2. The van der Waals surface area contributed by atoms with Crippen LogP contribution in [-0.2, 0) is 4.57 Å². The van der Waals surface area contributed by atoms with Crippen molar-refractivity contribution in [3.05, 3.63) is 36.4 Å². The van der Waals surface area contributed by atoms with Crippen molar-refractivity contribution in [1.29, 1.82) is 0 Å². The molecule has 0 aliphatic carbocycles. The molecule has 116 valence electrons. The molecule has 2 aromatic rings. The summed E-state index contributed by atoms with van der Waals surface area (Å²) in [5, 5.41) is 2.61. The molecule has 0 aliphatic heterocycles. The van der Waals surface area contributed by atoms with Gasteiger partial charge < -0.3 is 24.5 Å². The summed E-state index contributed by atoms with van der Waals surface area (Å²) in [6, 6.07) is 12.9. The van der Waals surface area contributed by atoms with Gasteiger partial charge in [-0.2, -0.15) is 0 Å². The van der Waals surface area contributed by atoms with Crippen LogP contribution < -0.4 is 9.80 Å². The number of hydrogen-bond acceptors (Lipinski definition) is 3. The van der Waals surface area contributed by atoms with Crippen LogP contribution in [-0.4, -0.2) is 42.9 Å². The maximum atomic E-state index is 8.88. The minimum atomic E-state index is -4.64. The number of fused-ring (bicyclic) bond motifs is 1. The highest BCUT2D eigenvalue weighted by Gasteiger charge is 2.08. The van der Waals surface area contributed by atoms with Crippen LogP contribution in [0.15, 0.2) is 36.4 Å². The third-order valence-corrected chi connectivity index (χ3v) is 2.82. The number of benzene rings is 2. The van der Waals surface area contributed by atoms with Crippen molar-refractivity contribution >= 4 is 30.0 Å². The monoisotopic (exact) mass is 312 g/mol. The van der Waals surface area contributed by atoms with Gasteiger partial charge in [-0.25, -0.2) is 4.57 Å². The first-order valence-corrected chi connectivity index (χ1v) is 7.82. The molecular formula is C14H21N2O4P. The summed E-state index contributed by atoms with van der Waals surface area (Å²) in [6.45, 7) is 0. The van der Waals surface area contributed by atoms with E-state index in [1.54, 1.807) is 0 Å². The molecule has 0 saturated carbocycles. The minimum absolute atomic E-state index is 1.27. The predicted octanol–water partition coefficient (Wildman–Crippen LogP) is 2.04. The van der Waals surface area contributed by atoms with Crippen molar-refractivity contribution in [2.45, 2.75) is 0 Å².